The summed E-state index contributed by atoms with van der Waals surface area (Å²) in [6.45, 7) is 4.28. The highest BCUT2D eigenvalue weighted by atomic mass is 32.2. The molecule has 0 aliphatic heterocycles. The SMILES string of the molecule is COc1ccccc1C1(CNS(=O)(=O)c2cnn(C(C)C)c2)CC1. The van der Waals surface area contributed by atoms with Gasteiger partial charge >= 0.3 is 0 Å². The number of nitrogens with one attached hydrogen (secondary N) is 1. The van der Waals surface area contributed by atoms with Gasteiger partial charge in [-0.1, -0.05) is 18.2 Å². The van der Waals surface area contributed by atoms with Crippen LogP contribution in [0.2, 0.25) is 0 Å². The Morgan fingerprint density at radius 2 is 2.04 bits per heavy atom. The molecular formula is C17H23N3O3S. The quantitative estimate of drug-likeness (QED) is 0.833. The van der Waals surface area contributed by atoms with Crippen LogP contribution in [0.5, 0.6) is 5.75 Å². The van der Waals surface area contributed by atoms with Crippen LogP contribution in [0.3, 0.4) is 0 Å². The number of nitrogens with zero attached hydrogens (tertiary/aromatic N) is 2. The van der Waals surface area contributed by atoms with E-state index in [9.17, 15) is 8.42 Å². The Bertz CT molecular complexity index is 823. The molecule has 2 aromatic rings. The van der Waals surface area contributed by atoms with E-state index >= 15 is 0 Å². The molecule has 0 amide bonds. The van der Waals surface area contributed by atoms with E-state index in [1.807, 2.05) is 38.1 Å². The zero-order chi connectivity index (χ0) is 17.4. The number of benzene rings is 1. The molecule has 0 atom stereocenters. The number of sulfonamides is 1. The normalized spacial score (nSPS) is 16.3. The highest BCUT2D eigenvalue weighted by molar-refractivity contribution is 7.89. The van der Waals surface area contributed by atoms with Gasteiger partial charge in [0.15, 0.2) is 0 Å². The van der Waals surface area contributed by atoms with Crippen LogP contribution in [0, 0.1) is 0 Å². The van der Waals surface area contributed by atoms with E-state index in [0.29, 0.717) is 6.54 Å². The molecule has 7 heteroatoms. The summed E-state index contributed by atoms with van der Waals surface area (Å²) in [4.78, 5) is 0.201. The minimum Gasteiger partial charge on any atom is -0.496 e. The van der Waals surface area contributed by atoms with Crippen LogP contribution < -0.4 is 9.46 Å². The molecule has 3 rings (SSSR count). The second kappa shape index (κ2) is 6.22. The molecule has 1 heterocycles. The minimum atomic E-state index is -3.57. The van der Waals surface area contributed by atoms with Gasteiger partial charge in [0, 0.05) is 29.8 Å². The van der Waals surface area contributed by atoms with Crippen molar-refractivity contribution in [2.45, 2.75) is 43.0 Å². The van der Waals surface area contributed by atoms with Gasteiger partial charge in [0.1, 0.15) is 10.6 Å². The fourth-order valence-corrected chi connectivity index (χ4v) is 3.90. The fraction of sp³-hybridized carbons (Fsp3) is 0.471. The van der Waals surface area contributed by atoms with Crippen molar-refractivity contribution in [3.8, 4) is 5.75 Å². The Morgan fingerprint density at radius 3 is 2.62 bits per heavy atom. The highest BCUT2D eigenvalue weighted by Gasteiger charge is 2.46. The van der Waals surface area contributed by atoms with Gasteiger partial charge in [0.05, 0.1) is 13.3 Å². The van der Waals surface area contributed by atoms with Crippen molar-refractivity contribution in [2.24, 2.45) is 0 Å². The van der Waals surface area contributed by atoms with Crippen LogP contribution in [-0.2, 0) is 15.4 Å². The number of hydrogen-bond acceptors (Lipinski definition) is 4. The first kappa shape index (κ1) is 17.0. The summed E-state index contributed by atoms with van der Waals surface area (Å²) < 4.78 is 34.9. The molecule has 1 fully saturated rings. The third-order valence-corrected chi connectivity index (χ3v) is 5.91. The first-order valence-corrected chi connectivity index (χ1v) is 9.54. The van der Waals surface area contributed by atoms with E-state index in [4.69, 9.17) is 4.74 Å². The van der Waals surface area contributed by atoms with Gasteiger partial charge in [-0.05, 0) is 32.8 Å². The molecule has 0 radical (unpaired) electrons. The first-order valence-electron chi connectivity index (χ1n) is 8.05. The van der Waals surface area contributed by atoms with Crippen LogP contribution in [0.25, 0.3) is 0 Å². The molecule has 1 aromatic carbocycles. The van der Waals surface area contributed by atoms with Crippen LogP contribution in [-0.4, -0.2) is 31.9 Å². The Kier molecular flexibility index (Phi) is 4.40. The smallest absolute Gasteiger partial charge is 0.243 e. The number of aromatic nitrogens is 2. The number of hydrogen-bond donors (Lipinski definition) is 1. The molecule has 1 aromatic heterocycles. The van der Waals surface area contributed by atoms with Gasteiger partial charge in [0.2, 0.25) is 10.0 Å². The molecule has 6 nitrogen and oxygen atoms in total. The van der Waals surface area contributed by atoms with Crippen molar-refractivity contribution in [3.63, 3.8) is 0 Å². The second-order valence-corrected chi connectivity index (χ2v) is 8.32. The minimum absolute atomic E-state index is 0.123. The maximum absolute atomic E-state index is 12.5. The van der Waals surface area contributed by atoms with E-state index in [0.717, 1.165) is 24.2 Å². The predicted octanol–water partition coefficient (Wildman–Crippen LogP) is 2.48. The Hall–Kier alpha value is -1.86. The lowest BCUT2D eigenvalue weighted by Crippen LogP contribution is -2.32. The van der Waals surface area contributed by atoms with Crippen LogP contribution in [0.15, 0.2) is 41.6 Å². The zero-order valence-corrected chi connectivity index (χ0v) is 15.0. The Balaban J connectivity index is 1.77. The number of ether oxygens (including phenoxy) is 1. The summed E-state index contributed by atoms with van der Waals surface area (Å²) in [6, 6.07) is 7.92. The van der Waals surface area contributed by atoms with Crippen molar-refractivity contribution in [2.75, 3.05) is 13.7 Å². The average molecular weight is 349 g/mol. The van der Waals surface area contributed by atoms with Gasteiger partial charge in [-0.3, -0.25) is 4.68 Å². The third kappa shape index (κ3) is 3.18. The summed E-state index contributed by atoms with van der Waals surface area (Å²) in [5.41, 5.74) is 0.890. The summed E-state index contributed by atoms with van der Waals surface area (Å²) in [6.07, 6.45) is 4.85. The maximum atomic E-state index is 12.5. The van der Waals surface area contributed by atoms with Gasteiger partial charge in [-0.15, -0.1) is 0 Å². The van der Waals surface area contributed by atoms with Crippen molar-refractivity contribution in [1.82, 2.24) is 14.5 Å². The van der Waals surface area contributed by atoms with Crippen LogP contribution in [0.1, 0.15) is 38.3 Å². The van der Waals surface area contributed by atoms with Crippen LogP contribution in [0.4, 0.5) is 0 Å². The third-order valence-electron chi connectivity index (χ3n) is 4.55. The summed E-state index contributed by atoms with van der Waals surface area (Å²) in [5.74, 6) is 0.807. The molecule has 0 saturated heterocycles. The lowest BCUT2D eigenvalue weighted by molar-refractivity contribution is 0.403. The predicted molar refractivity (Wildman–Crippen MR) is 91.7 cm³/mol. The van der Waals surface area contributed by atoms with E-state index in [-0.39, 0.29) is 16.4 Å². The van der Waals surface area contributed by atoms with Crippen molar-refractivity contribution < 1.29 is 13.2 Å². The molecular weight excluding hydrogens is 326 g/mol. The molecule has 24 heavy (non-hydrogen) atoms. The molecule has 1 aliphatic carbocycles. The molecule has 0 bridgehead atoms. The van der Waals surface area contributed by atoms with E-state index in [1.54, 1.807) is 18.0 Å². The molecule has 0 unspecified atom stereocenters. The van der Waals surface area contributed by atoms with Gasteiger partial charge in [-0.25, -0.2) is 13.1 Å². The monoisotopic (exact) mass is 349 g/mol. The lowest BCUT2D eigenvalue weighted by Gasteiger charge is -2.19. The van der Waals surface area contributed by atoms with Crippen molar-refractivity contribution >= 4 is 10.0 Å². The van der Waals surface area contributed by atoms with E-state index in [1.165, 1.54) is 6.20 Å². The average Bonchev–Trinajstić information content (AvgIpc) is 3.18. The Morgan fingerprint density at radius 1 is 1.33 bits per heavy atom. The molecule has 1 N–H and O–H groups in total. The topological polar surface area (TPSA) is 73.2 Å². The number of para-hydroxylation sites is 1. The summed E-state index contributed by atoms with van der Waals surface area (Å²) in [5, 5.41) is 4.11. The van der Waals surface area contributed by atoms with Gasteiger partial charge in [-0.2, -0.15) is 5.10 Å². The Labute approximate surface area is 142 Å². The van der Waals surface area contributed by atoms with Crippen molar-refractivity contribution in [3.05, 3.63) is 42.2 Å². The highest BCUT2D eigenvalue weighted by Crippen LogP contribution is 2.50. The summed E-state index contributed by atoms with van der Waals surface area (Å²) in [7, 11) is -1.93. The number of rotatable bonds is 7. The van der Waals surface area contributed by atoms with Crippen molar-refractivity contribution in [1.29, 1.82) is 0 Å². The first-order chi connectivity index (χ1) is 11.4. The molecule has 1 aliphatic rings. The largest absolute Gasteiger partial charge is 0.496 e. The van der Waals surface area contributed by atoms with E-state index in [2.05, 4.69) is 9.82 Å². The number of methoxy groups -OCH3 is 1. The second-order valence-electron chi connectivity index (χ2n) is 6.55. The maximum Gasteiger partial charge on any atom is 0.243 e. The molecule has 0 spiro atoms. The summed E-state index contributed by atoms with van der Waals surface area (Å²) >= 11 is 0. The van der Waals surface area contributed by atoms with E-state index < -0.39 is 10.0 Å². The van der Waals surface area contributed by atoms with Crippen LogP contribution >= 0.6 is 0 Å². The molecule has 1 saturated carbocycles. The standard InChI is InChI=1S/C17H23N3O3S/c1-13(2)20-11-14(10-18-20)24(21,22)19-12-17(8-9-17)15-6-4-5-7-16(15)23-3/h4-7,10-11,13,19H,8-9,12H2,1-3H3. The molecule has 130 valence electrons. The zero-order valence-electron chi connectivity index (χ0n) is 14.2. The van der Waals surface area contributed by atoms with Gasteiger partial charge in [0.25, 0.3) is 0 Å². The van der Waals surface area contributed by atoms with Gasteiger partial charge < -0.3 is 4.74 Å². The fourth-order valence-electron chi connectivity index (χ4n) is 2.83. The lowest BCUT2D eigenvalue weighted by atomic mass is 9.95.